The highest BCUT2D eigenvalue weighted by Gasteiger charge is 2.72. The number of Topliss-reactive ketones (excluding diaryl/α,β-unsaturated/α-hetero) is 1. The van der Waals surface area contributed by atoms with Crippen LogP contribution >= 0.6 is 0 Å². The molecule has 12 rings (SSSR count). The lowest BCUT2D eigenvalue weighted by Gasteiger charge is -2.63. The fourth-order valence-corrected chi connectivity index (χ4v) is 19.5. The summed E-state index contributed by atoms with van der Waals surface area (Å²) < 4.78 is 31.1. The first kappa shape index (κ1) is 70.8. The maximum atomic E-state index is 16.2. The van der Waals surface area contributed by atoms with Crippen LogP contribution in [0.3, 0.4) is 0 Å². The van der Waals surface area contributed by atoms with Crippen LogP contribution < -0.4 is 0 Å². The summed E-state index contributed by atoms with van der Waals surface area (Å²) in [6.07, 6.45) is 6.75. The zero-order valence-electron chi connectivity index (χ0n) is 44.4. The van der Waals surface area contributed by atoms with Crippen molar-refractivity contribution in [2.75, 3.05) is 6.61 Å². The summed E-state index contributed by atoms with van der Waals surface area (Å²) in [4.78, 5) is 99.9. The smallest absolute Gasteiger partial charge is 0.318 e. The van der Waals surface area contributed by atoms with Crippen molar-refractivity contribution in [1.82, 2.24) is 0 Å². The number of fused-ring (bicyclic) bond motifs is 5. The molecule has 16 atom stereocenters. The van der Waals surface area contributed by atoms with Crippen molar-refractivity contribution in [1.29, 1.82) is 0 Å². The molecule has 16 unspecified atom stereocenters. The molecule has 10 saturated carbocycles. The Morgan fingerprint density at radius 2 is 1.15 bits per heavy atom. The number of hydrogen-bond acceptors (Lipinski definition) is 13. The van der Waals surface area contributed by atoms with Crippen molar-refractivity contribution < 1.29 is 62.4 Å². The van der Waals surface area contributed by atoms with Crippen LogP contribution in [-0.2, 0) is 57.2 Å². The largest absolute Gasteiger partial charge is 0.465 e. The van der Waals surface area contributed by atoms with E-state index in [2.05, 4.69) is 20.8 Å². The van der Waals surface area contributed by atoms with Gasteiger partial charge >= 0.3 is 35.8 Å². The van der Waals surface area contributed by atoms with Crippen LogP contribution in [0, 0.1) is 104 Å². The Hall–Kier alpha value is -3.35. The van der Waals surface area contributed by atoms with E-state index in [9.17, 15) is 29.1 Å². The summed E-state index contributed by atoms with van der Waals surface area (Å²) in [5, 5.41) is 12.3. The first-order valence-corrected chi connectivity index (χ1v) is 27.0. The van der Waals surface area contributed by atoms with Crippen LogP contribution in [0.15, 0.2) is 0 Å². The van der Waals surface area contributed by atoms with Gasteiger partial charge < -0.3 is 28.8 Å². The van der Waals surface area contributed by atoms with Gasteiger partial charge in [0.05, 0.1) is 46.2 Å². The van der Waals surface area contributed by atoms with E-state index < -0.39 is 90.6 Å². The maximum absolute atomic E-state index is 16.2. The van der Waals surface area contributed by atoms with Gasteiger partial charge in [0.15, 0.2) is 0 Å². The van der Waals surface area contributed by atoms with Gasteiger partial charge in [-0.05, 0) is 163 Å². The standard InChI is InChI=1S/C57H82O13.8CH4/c1-29-35-16-36(37-23-66-43(60)38(35)37)39(29)49(6,7)24-52(12,45(62)70-57-20-32-17-54(27-57,26-55(65,18-32)28-57)47(64)68-48(3,4)5)50(8,9)25-53(13,51(10,11)40-30(2)42(59)67-44(40)61)46(63)69-56-19-31-14-33(21-56)41(58)34(15-31)22-56;;;;;;;;/h29-40,65H,14-28H2,1-13H3;8*1H4. The van der Waals surface area contributed by atoms with Gasteiger partial charge in [-0.1, -0.05) is 115 Å². The normalized spacial score (nSPS) is 39.7. The Labute approximate surface area is 474 Å². The molecule has 0 radical (unpaired) electrons. The van der Waals surface area contributed by atoms with Crippen molar-refractivity contribution in [2.45, 2.75) is 262 Å². The molecule has 10 bridgehead atoms. The number of carbonyl (C=O) groups is 7. The van der Waals surface area contributed by atoms with Crippen LogP contribution in [0.2, 0.25) is 0 Å². The average Bonchev–Trinajstić information content (AvgIpc) is 3.94. The minimum atomic E-state index is -1.51. The van der Waals surface area contributed by atoms with Gasteiger partial charge in [0, 0.05) is 30.6 Å². The fourth-order valence-electron chi connectivity index (χ4n) is 19.5. The van der Waals surface area contributed by atoms with E-state index in [1.54, 1.807) is 6.92 Å². The molecule has 13 heteroatoms. The number of ketones is 1. The molecule has 13 nitrogen and oxygen atoms in total. The van der Waals surface area contributed by atoms with Gasteiger partial charge in [0.1, 0.15) is 22.6 Å². The molecule has 0 spiro atoms. The highest BCUT2D eigenvalue weighted by molar-refractivity contribution is 5.97. The number of rotatable bonds is 13. The summed E-state index contributed by atoms with van der Waals surface area (Å²) >= 11 is 0. The molecular weight excluding hydrogens is 989 g/mol. The molecule has 0 aromatic carbocycles. The van der Waals surface area contributed by atoms with E-state index in [0.717, 1.165) is 19.3 Å². The highest BCUT2D eigenvalue weighted by atomic mass is 16.6. The Morgan fingerprint density at radius 3 is 1.69 bits per heavy atom. The van der Waals surface area contributed by atoms with Gasteiger partial charge in [-0.25, -0.2) is 0 Å². The van der Waals surface area contributed by atoms with Gasteiger partial charge in [0.2, 0.25) is 0 Å². The van der Waals surface area contributed by atoms with Crippen molar-refractivity contribution in [2.24, 2.45) is 104 Å². The molecule has 0 aromatic heterocycles. The predicted molar refractivity (Wildman–Crippen MR) is 307 cm³/mol. The molecule has 12 fully saturated rings. The molecule has 10 aliphatic carbocycles. The second kappa shape index (κ2) is 21.8. The topological polar surface area (TPSA) is 186 Å². The number of carbonyl (C=O) groups excluding carboxylic acids is 7. The molecule has 12 aliphatic rings. The van der Waals surface area contributed by atoms with Crippen molar-refractivity contribution >= 4 is 41.6 Å². The average molecular weight is 1100 g/mol. The quantitative estimate of drug-likeness (QED) is 0.104. The zero-order chi connectivity index (χ0) is 51.1. The molecule has 2 aliphatic heterocycles. The van der Waals surface area contributed by atoms with Gasteiger partial charge in [0.25, 0.3) is 0 Å². The van der Waals surface area contributed by atoms with Gasteiger partial charge in [-0.15, -0.1) is 0 Å². The summed E-state index contributed by atoms with van der Waals surface area (Å²) in [5.74, 6) is -3.84. The molecule has 0 amide bonds. The van der Waals surface area contributed by atoms with E-state index in [4.69, 9.17) is 23.7 Å². The maximum Gasteiger partial charge on any atom is 0.318 e. The minimum absolute atomic E-state index is 0. The monoisotopic (exact) mass is 1100 g/mol. The summed E-state index contributed by atoms with van der Waals surface area (Å²) in [6.45, 7) is 25.8. The van der Waals surface area contributed by atoms with Crippen LogP contribution in [0.5, 0.6) is 0 Å². The summed E-state index contributed by atoms with van der Waals surface area (Å²) in [6, 6.07) is 0. The third-order valence-electron chi connectivity index (χ3n) is 22.2. The first-order chi connectivity index (χ1) is 32.1. The third-order valence-corrected chi connectivity index (χ3v) is 22.2. The van der Waals surface area contributed by atoms with Crippen LogP contribution in [-0.4, -0.2) is 75.7 Å². The van der Waals surface area contributed by atoms with E-state index in [0.29, 0.717) is 51.6 Å². The highest BCUT2D eigenvalue weighted by Crippen LogP contribution is 2.70. The Kier molecular flexibility index (Phi) is 19.7. The van der Waals surface area contributed by atoms with E-state index >= 15 is 9.59 Å². The van der Waals surface area contributed by atoms with Crippen molar-refractivity contribution in [3.05, 3.63) is 0 Å². The predicted octanol–water partition coefficient (Wildman–Crippen LogP) is 14.0. The number of hydrogen-bond donors (Lipinski definition) is 1. The van der Waals surface area contributed by atoms with E-state index in [-0.39, 0.29) is 162 Å². The second-order valence-electron chi connectivity index (χ2n) is 29.3. The summed E-state index contributed by atoms with van der Waals surface area (Å²) in [7, 11) is 0. The lowest BCUT2D eigenvalue weighted by atomic mass is 9.46. The lowest BCUT2D eigenvalue weighted by Crippen LogP contribution is -2.67. The molecule has 1 N–H and O–H groups in total. The van der Waals surface area contributed by atoms with Gasteiger partial charge in [-0.3, -0.25) is 33.6 Å². The number of ether oxygens (including phenoxy) is 5. The van der Waals surface area contributed by atoms with Gasteiger partial charge in [-0.2, -0.15) is 0 Å². The molecular formula is C65H114O13. The van der Waals surface area contributed by atoms with Crippen molar-refractivity contribution in [3.63, 3.8) is 0 Å². The van der Waals surface area contributed by atoms with Crippen LogP contribution in [0.4, 0.5) is 0 Å². The van der Waals surface area contributed by atoms with Crippen LogP contribution in [0.1, 0.15) is 239 Å². The SMILES string of the molecule is C.C.C.C.C.C.C.C.CC1C(=O)OC(=O)C1C(C)(C)C(C)(CC(C)(C)C(C)(CC(C)(C)C1C(C)C2CC1C1COC(=O)C21)C(=O)OC12CC3CC(O)(C1)CC(C(=O)OC(C)(C)C)(C3)C2)C(=O)OC12CC3CC(C1)C(=O)C(C3)C2. The Balaban J connectivity index is 0.00000260. The summed E-state index contributed by atoms with van der Waals surface area (Å²) in [5.41, 5.74) is -10.7. The fraction of sp³-hybridized carbons (Fsp3) is 0.892. The molecule has 78 heavy (non-hydrogen) atoms. The number of esters is 6. The first-order valence-electron chi connectivity index (χ1n) is 27.0. The second-order valence-corrected chi connectivity index (χ2v) is 29.3. The van der Waals surface area contributed by atoms with Crippen LogP contribution in [0.25, 0.3) is 0 Å². The molecule has 0 aromatic rings. The van der Waals surface area contributed by atoms with Crippen molar-refractivity contribution in [3.8, 4) is 0 Å². The lowest BCUT2D eigenvalue weighted by molar-refractivity contribution is -0.257. The third kappa shape index (κ3) is 10.5. The van der Waals surface area contributed by atoms with E-state index in [1.807, 2.05) is 62.3 Å². The van der Waals surface area contributed by atoms with E-state index in [1.165, 1.54) is 0 Å². The molecule has 2 saturated heterocycles. The minimum Gasteiger partial charge on any atom is -0.465 e. The molecule has 452 valence electrons. The Morgan fingerprint density at radius 1 is 0.603 bits per heavy atom. The zero-order valence-corrected chi connectivity index (χ0v) is 44.4. The number of cyclic esters (lactones) is 3. The number of aliphatic hydroxyl groups is 1. The molecule has 2 heterocycles. The Bertz CT molecular complexity index is 2290.